The first-order valence-electron chi connectivity index (χ1n) is 7.55. The zero-order valence-corrected chi connectivity index (χ0v) is 13.9. The Morgan fingerprint density at radius 3 is 2.95 bits per heavy atom. The van der Waals surface area contributed by atoms with Crippen molar-refractivity contribution < 1.29 is 0 Å². The summed E-state index contributed by atoms with van der Waals surface area (Å²) in [6.45, 7) is 0. The van der Waals surface area contributed by atoms with E-state index in [1.165, 1.54) is 32.1 Å². The lowest BCUT2D eigenvalue weighted by Crippen LogP contribution is -2.21. The van der Waals surface area contributed by atoms with Crippen molar-refractivity contribution in [3.05, 3.63) is 35.4 Å². The lowest BCUT2D eigenvalue weighted by molar-refractivity contribution is 0.462. The highest BCUT2D eigenvalue weighted by Gasteiger charge is 2.15. The molecule has 2 aromatic rings. The molecule has 0 amide bonds. The first-order valence-corrected chi connectivity index (χ1v) is 9.35. The fourth-order valence-corrected chi connectivity index (χ4v) is 4.40. The number of thioether (sulfide) groups is 1. The van der Waals surface area contributed by atoms with Gasteiger partial charge in [-0.05, 0) is 30.5 Å². The van der Waals surface area contributed by atoms with Gasteiger partial charge in [0.15, 0.2) is 4.34 Å². The van der Waals surface area contributed by atoms with Crippen LogP contribution >= 0.6 is 23.1 Å². The van der Waals surface area contributed by atoms with E-state index in [0.29, 0.717) is 11.6 Å². The molecule has 0 spiro atoms. The average molecular weight is 330 g/mol. The van der Waals surface area contributed by atoms with Crippen molar-refractivity contribution in [2.24, 2.45) is 0 Å². The van der Waals surface area contributed by atoms with Crippen LogP contribution in [0.3, 0.4) is 0 Å². The molecule has 1 fully saturated rings. The van der Waals surface area contributed by atoms with Crippen molar-refractivity contribution in [1.82, 2.24) is 10.2 Å². The number of anilines is 1. The minimum Gasteiger partial charge on any atom is -0.357 e. The first-order chi connectivity index (χ1) is 10.8. The molecule has 1 N–H and O–H groups in total. The molecule has 3 rings (SSSR count). The summed E-state index contributed by atoms with van der Waals surface area (Å²) in [6, 6.07) is 10.4. The summed E-state index contributed by atoms with van der Waals surface area (Å²) in [5.41, 5.74) is 1.84. The molecule has 1 saturated carbocycles. The summed E-state index contributed by atoms with van der Waals surface area (Å²) >= 11 is 3.29. The number of nitrogens with one attached hydrogen (secondary N) is 1. The van der Waals surface area contributed by atoms with Gasteiger partial charge >= 0.3 is 0 Å². The fraction of sp³-hybridized carbons (Fsp3) is 0.438. The van der Waals surface area contributed by atoms with Crippen LogP contribution in [-0.2, 0) is 5.75 Å². The summed E-state index contributed by atoms with van der Waals surface area (Å²) in [5, 5.41) is 21.8. The summed E-state index contributed by atoms with van der Waals surface area (Å²) in [7, 11) is 0. The number of hydrogen-bond acceptors (Lipinski definition) is 6. The van der Waals surface area contributed by atoms with Crippen LogP contribution < -0.4 is 5.32 Å². The fourth-order valence-electron chi connectivity index (χ4n) is 2.62. The van der Waals surface area contributed by atoms with Crippen molar-refractivity contribution in [3.63, 3.8) is 0 Å². The van der Waals surface area contributed by atoms with E-state index in [1.54, 1.807) is 23.1 Å². The first kappa shape index (κ1) is 15.3. The third-order valence-corrected chi connectivity index (χ3v) is 5.82. The van der Waals surface area contributed by atoms with Crippen molar-refractivity contribution >= 4 is 28.2 Å². The lowest BCUT2D eigenvalue weighted by Gasteiger charge is -2.21. The number of hydrogen-bond donors (Lipinski definition) is 1. The molecule has 1 heterocycles. The Morgan fingerprint density at radius 2 is 2.14 bits per heavy atom. The predicted octanol–water partition coefficient (Wildman–Crippen LogP) is 4.45. The highest BCUT2D eigenvalue weighted by molar-refractivity contribution is 8.00. The molecule has 0 aliphatic heterocycles. The zero-order valence-electron chi connectivity index (χ0n) is 12.3. The Balaban J connectivity index is 1.54. The lowest BCUT2D eigenvalue weighted by atomic mass is 9.96. The van der Waals surface area contributed by atoms with E-state index in [2.05, 4.69) is 21.6 Å². The predicted molar refractivity (Wildman–Crippen MR) is 91.1 cm³/mol. The van der Waals surface area contributed by atoms with Gasteiger partial charge in [-0.25, -0.2) is 0 Å². The third-order valence-electron chi connectivity index (χ3n) is 3.76. The van der Waals surface area contributed by atoms with E-state index in [1.807, 2.05) is 24.3 Å². The van der Waals surface area contributed by atoms with E-state index < -0.39 is 0 Å². The molecule has 22 heavy (non-hydrogen) atoms. The average Bonchev–Trinajstić information content (AvgIpc) is 3.01. The molecular weight excluding hydrogens is 312 g/mol. The summed E-state index contributed by atoms with van der Waals surface area (Å²) < 4.78 is 0.973. The van der Waals surface area contributed by atoms with Crippen LogP contribution in [0.5, 0.6) is 0 Å². The molecule has 114 valence electrons. The number of aromatic nitrogens is 2. The molecule has 0 saturated heterocycles. The molecule has 0 radical (unpaired) electrons. The molecule has 1 aliphatic rings. The quantitative estimate of drug-likeness (QED) is 0.821. The summed E-state index contributed by atoms with van der Waals surface area (Å²) in [4.78, 5) is 0. The van der Waals surface area contributed by atoms with Gasteiger partial charge < -0.3 is 5.32 Å². The highest BCUT2D eigenvalue weighted by atomic mass is 32.2. The number of benzene rings is 1. The molecule has 1 aromatic carbocycles. The molecule has 1 aliphatic carbocycles. The maximum atomic E-state index is 8.92. The molecule has 4 nitrogen and oxygen atoms in total. The molecule has 0 bridgehead atoms. The van der Waals surface area contributed by atoms with Gasteiger partial charge in [0.05, 0.1) is 11.6 Å². The van der Waals surface area contributed by atoms with E-state index >= 15 is 0 Å². The van der Waals surface area contributed by atoms with Crippen molar-refractivity contribution in [3.8, 4) is 6.07 Å². The molecule has 0 unspecified atom stereocenters. The van der Waals surface area contributed by atoms with Crippen LogP contribution in [0.1, 0.15) is 43.2 Å². The van der Waals surface area contributed by atoms with Gasteiger partial charge in [0, 0.05) is 11.8 Å². The second-order valence-electron chi connectivity index (χ2n) is 5.45. The van der Waals surface area contributed by atoms with Crippen molar-refractivity contribution in [2.75, 3.05) is 5.32 Å². The Kier molecular flexibility index (Phi) is 5.30. The summed E-state index contributed by atoms with van der Waals surface area (Å²) in [5.74, 6) is 0.813. The van der Waals surface area contributed by atoms with Gasteiger partial charge in [-0.15, -0.1) is 10.2 Å². The topological polar surface area (TPSA) is 61.6 Å². The minimum atomic E-state index is 0.562. The van der Waals surface area contributed by atoms with Crippen LogP contribution in [0.15, 0.2) is 28.6 Å². The Hall–Kier alpha value is -1.58. The highest BCUT2D eigenvalue weighted by Crippen LogP contribution is 2.30. The summed E-state index contributed by atoms with van der Waals surface area (Å²) in [6.07, 6.45) is 6.46. The van der Waals surface area contributed by atoms with Crippen LogP contribution in [0.25, 0.3) is 0 Å². The SMILES string of the molecule is N#Cc1cccc(CSc2nnc(NC3CCCCC3)s2)c1. The maximum absolute atomic E-state index is 8.92. The Bertz CT molecular complexity index is 656. The number of rotatable bonds is 5. The smallest absolute Gasteiger partial charge is 0.206 e. The monoisotopic (exact) mass is 330 g/mol. The molecular formula is C16H18N4S2. The van der Waals surface area contributed by atoms with Gasteiger partial charge in [0.1, 0.15) is 0 Å². The third kappa shape index (κ3) is 4.21. The molecule has 0 atom stereocenters. The molecule has 1 aromatic heterocycles. The van der Waals surface area contributed by atoms with Crippen LogP contribution in [0, 0.1) is 11.3 Å². The normalized spacial score (nSPS) is 15.4. The van der Waals surface area contributed by atoms with Gasteiger partial charge in [-0.1, -0.05) is 54.5 Å². The van der Waals surface area contributed by atoms with Gasteiger partial charge in [-0.2, -0.15) is 5.26 Å². The second-order valence-corrected chi connectivity index (χ2v) is 7.65. The van der Waals surface area contributed by atoms with Crippen LogP contribution in [0.2, 0.25) is 0 Å². The van der Waals surface area contributed by atoms with Crippen LogP contribution in [-0.4, -0.2) is 16.2 Å². The Morgan fingerprint density at radius 1 is 1.27 bits per heavy atom. The number of nitriles is 1. The maximum Gasteiger partial charge on any atom is 0.206 e. The standard InChI is InChI=1S/C16H18N4S2/c17-10-12-5-4-6-13(9-12)11-21-16-20-19-15(22-16)18-14-7-2-1-3-8-14/h4-6,9,14H,1-3,7-8,11H2,(H,18,19). The largest absolute Gasteiger partial charge is 0.357 e. The van der Waals surface area contributed by atoms with E-state index in [0.717, 1.165) is 20.8 Å². The zero-order chi connectivity index (χ0) is 15.2. The van der Waals surface area contributed by atoms with Crippen molar-refractivity contribution in [2.45, 2.75) is 48.2 Å². The van der Waals surface area contributed by atoms with Crippen LogP contribution in [0.4, 0.5) is 5.13 Å². The van der Waals surface area contributed by atoms with Gasteiger partial charge in [-0.3, -0.25) is 0 Å². The Labute approximate surface area is 139 Å². The minimum absolute atomic E-state index is 0.562. The second kappa shape index (κ2) is 7.61. The molecule has 6 heteroatoms. The number of nitrogens with zero attached hydrogens (tertiary/aromatic N) is 3. The van der Waals surface area contributed by atoms with E-state index in [-0.39, 0.29) is 0 Å². The van der Waals surface area contributed by atoms with Gasteiger partial charge in [0.25, 0.3) is 0 Å². The van der Waals surface area contributed by atoms with Crippen molar-refractivity contribution in [1.29, 1.82) is 5.26 Å². The van der Waals surface area contributed by atoms with Gasteiger partial charge in [0.2, 0.25) is 5.13 Å². The van der Waals surface area contributed by atoms with E-state index in [4.69, 9.17) is 5.26 Å². The van der Waals surface area contributed by atoms with E-state index in [9.17, 15) is 0 Å².